The first-order valence-corrected chi connectivity index (χ1v) is 7.88. The molecular formula is C16H25N3OS. The van der Waals surface area contributed by atoms with E-state index in [0.29, 0.717) is 17.5 Å². The molecule has 1 saturated heterocycles. The van der Waals surface area contributed by atoms with E-state index < -0.39 is 0 Å². The van der Waals surface area contributed by atoms with Crippen molar-refractivity contribution >= 4 is 17.2 Å². The lowest BCUT2D eigenvalue weighted by molar-refractivity contribution is 0.0858. The van der Waals surface area contributed by atoms with Crippen molar-refractivity contribution in [1.29, 1.82) is 0 Å². The van der Waals surface area contributed by atoms with Gasteiger partial charge in [-0.05, 0) is 31.7 Å². The molecular weight excluding hydrogens is 282 g/mol. The highest BCUT2D eigenvalue weighted by molar-refractivity contribution is 7.80. The van der Waals surface area contributed by atoms with Gasteiger partial charge in [-0.25, -0.2) is 0 Å². The average molecular weight is 307 g/mol. The van der Waals surface area contributed by atoms with Crippen LogP contribution >= 0.6 is 12.2 Å². The van der Waals surface area contributed by atoms with Gasteiger partial charge in [0.25, 0.3) is 0 Å². The number of nitrogens with zero attached hydrogens (tertiary/aromatic N) is 2. The Morgan fingerprint density at radius 2 is 2.05 bits per heavy atom. The number of hydrogen-bond donors (Lipinski definition) is 1. The van der Waals surface area contributed by atoms with Crippen LogP contribution < -0.4 is 10.5 Å². The van der Waals surface area contributed by atoms with E-state index >= 15 is 0 Å². The van der Waals surface area contributed by atoms with Crippen molar-refractivity contribution in [3.63, 3.8) is 0 Å². The van der Waals surface area contributed by atoms with Gasteiger partial charge in [0.1, 0.15) is 12.4 Å². The van der Waals surface area contributed by atoms with Gasteiger partial charge >= 0.3 is 0 Å². The fraction of sp³-hybridized carbons (Fsp3) is 0.562. The van der Waals surface area contributed by atoms with Crippen molar-refractivity contribution in [3.05, 3.63) is 29.8 Å². The minimum Gasteiger partial charge on any atom is -0.492 e. The summed E-state index contributed by atoms with van der Waals surface area (Å²) in [7, 11) is 2.18. The molecule has 0 amide bonds. The van der Waals surface area contributed by atoms with Gasteiger partial charge in [-0.1, -0.05) is 24.4 Å². The predicted molar refractivity (Wildman–Crippen MR) is 91.0 cm³/mol. The monoisotopic (exact) mass is 307 g/mol. The number of piperazine rings is 1. The summed E-state index contributed by atoms with van der Waals surface area (Å²) >= 11 is 4.91. The van der Waals surface area contributed by atoms with Crippen LogP contribution in [-0.4, -0.2) is 60.7 Å². The molecule has 1 fully saturated rings. The molecule has 0 aliphatic carbocycles. The fourth-order valence-corrected chi connectivity index (χ4v) is 2.86. The first kappa shape index (κ1) is 16.2. The molecule has 1 unspecified atom stereocenters. The third-order valence-electron chi connectivity index (χ3n) is 3.92. The Hall–Kier alpha value is -1.17. The first-order valence-electron chi connectivity index (χ1n) is 7.47. The van der Waals surface area contributed by atoms with Crippen molar-refractivity contribution in [2.24, 2.45) is 5.73 Å². The predicted octanol–water partition coefficient (Wildman–Crippen LogP) is 1.53. The van der Waals surface area contributed by atoms with E-state index in [1.165, 1.54) is 0 Å². The molecule has 21 heavy (non-hydrogen) atoms. The number of nitrogens with two attached hydrogens (primary N) is 1. The lowest BCUT2D eigenvalue weighted by atomic mass is 10.1. The highest BCUT2D eigenvalue weighted by atomic mass is 32.1. The Kier molecular flexibility index (Phi) is 5.96. The summed E-state index contributed by atoms with van der Waals surface area (Å²) in [6.07, 6.45) is 0.647. The highest BCUT2D eigenvalue weighted by Crippen LogP contribution is 2.13. The lowest BCUT2D eigenvalue weighted by Crippen LogP contribution is -2.51. The van der Waals surface area contributed by atoms with Crippen molar-refractivity contribution in [3.8, 4) is 5.75 Å². The normalized spacial score (nSPS) is 20.4. The van der Waals surface area contributed by atoms with Crippen molar-refractivity contribution in [1.82, 2.24) is 9.80 Å². The SMILES string of the molecule is CC1CN(C)CCN1CCOc1ccc(CC(N)=S)cc1. The molecule has 1 aliphatic rings. The van der Waals surface area contributed by atoms with E-state index in [0.717, 1.165) is 44.1 Å². The summed E-state index contributed by atoms with van der Waals surface area (Å²) in [4.78, 5) is 5.39. The second-order valence-corrected chi connectivity index (χ2v) is 6.31. The van der Waals surface area contributed by atoms with E-state index in [1.807, 2.05) is 24.3 Å². The van der Waals surface area contributed by atoms with Crippen molar-refractivity contribution in [2.45, 2.75) is 19.4 Å². The van der Waals surface area contributed by atoms with Crippen LogP contribution in [0.25, 0.3) is 0 Å². The minimum absolute atomic E-state index is 0.521. The van der Waals surface area contributed by atoms with Gasteiger partial charge < -0.3 is 15.4 Å². The Labute approximate surface area is 132 Å². The summed E-state index contributed by atoms with van der Waals surface area (Å²) in [6, 6.07) is 8.61. The standard InChI is InChI=1S/C16H25N3OS/c1-13-12-18(2)7-8-19(13)9-10-20-15-5-3-14(4-6-15)11-16(17)21/h3-6,13H,7-12H2,1-2H3,(H2,17,21). The minimum atomic E-state index is 0.521. The van der Waals surface area contributed by atoms with Gasteiger partial charge in [0.15, 0.2) is 0 Å². The quantitative estimate of drug-likeness (QED) is 0.807. The largest absolute Gasteiger partial charge is 0.492 e. The van der Waals surface area contributed by atoms with Gasteiger partial charge in [0.2, 0.25) is 0 Å². The number of rotatable bonds is 6. The third kappa shape index (κ3) is 5.26. The maximum absolute atomic E-state index is 5.82. The summed E-state index contributed by atoms with van der Waals surface area (Å²) < 4.78 is 5.82. The molecule has 1 aromatic carbocycles. The van der Waals surface area contributed by atoms with Crippen LogP contribution in [0, 0.1) is 0 Å². The number of thiocarbonyl (C=S) groups is 1. The van der Waals surface area contributed by atoms with Crippen molar-refractivity contribution < 1.29 is 4.74 Å². The Morgan fingerprint density at radius 1 is 1.33 bits per heavy atom. The molecule has 2 N–H and O–H groups in total. The maximum Gasteiger partial charge on any atom is 0.119 e. The molecule has 1 aromatic rings. The summed E-state index contributed by atoms with van der Waals surface area (Å²) in [6.45, 7) is 7.37. The molecule has 1 aliphatic heterocycles. The molecule has 0 bridgehead atoms. The molecule has 0 radical (unpaired) electrons. The smallest absolute Gasteiger partial charge is 0.119 e. The molecule has 0 saturated carbocycles. The van der Waals surface area contributed by atoms with Gasteiger partial charge in [-0.3, -0.25) is 4.90 Å². The van der Waals surface area contributed by atoms with E-state index in [1.54, 1.807) is 0 Å². The molecule has 1 heterocycles. The molecule has 116 valence electrons. The zero-order valence-electron chi connectivity index (χ0n) is 12.9. The average Bonchev–Trinajstić information content (AvgIpc) is 2.42. The number of benzene rings is 1. The Bertz CT molecular complexity index is 463. The topological polar surface area (TPSA) is 41.7 Å². The number of hydrogen-bond acceptors (Lipinski definition) is 4. The van der Waals surface area contributed by atoms with Gasteiger partial charge in [0.05, 0.1) is 4.99 Å². The third-order valence-corrected chi connectivity index (χ3v) is 4.06. The van der Waals surface area contributed by atoms with E-state index in [-0.39, 0.29) is 0 Å². The van der Waals surface area contributed by atoms with Gasteiger partial charge in [-0.15, -0.1) is 0 Å². The molecule has 4 nitrogen and oxygen atoms in total. The molecule has 1 atom stereocenters. The maximum atomic E-state index is 5.82. The van der Waals surface area contributed by atoms with Crippen LogP contribution in [0.15, 0.2) is 24.3 Å². The molecule has 0 aromatic heterocycles. The van der Waals surface area contributed by atoms with Gasteiger partial charge in [0, 0.05) is 38.6 Å². The van der Waals surface area contributed by atoms with E-state index in [9.17, 15) is 0 Å². The highest BCUT2D eigenvalue weighted by Gasteiger charge is 2.20. The second-order valence-electron chi connectivity index (χ2n) is 5.78. The number of ether oxygens (including phenoxy) is 1. The summed E-state index contributed by atoms with van der Waals surface area (Å²) in [5.41, 5.74) is 6.67. The van der Waals surface area contributed by atoms with E-state index in [4.69, 9.17) is 22.7 Å². The zero-order chi connectivity index (χ0) is 15.2. The first-order chi connectivity index (χ1) is 10.0. The van der Waals surface area contributed by atoms with Crippen LogP contribution in [0.5, 0.6) is 5.75 Å². The van der Waals surface area contributed by atoms with Crippen LogP contribution in [0.4, 0.5) is 0 Å². The number of likely N-dealkylation sites (N-methyl/N-ethyl adjacent to an activating group) is 1. The molecule has 5 heteroatoms. The molecule has 2 rings (SSSR count). The molecule has 0 spiro atoms. The summed E-state index contributed by atoms with van der Waals surface area (Å²) in [5, 5.41) is 0. The van der Waals surface area contributed by atoms with Crippen LogP contribution in [-0.2, 0) is 6.42 Å². The second kappa shape index (κ2) is 7.73. The van der Waals surface area contributed by atoms with Crippen LogP contribution in [0.1, 0.15) is 12.5 Å². The Balaban J connectivity index is 1.74. The lowest BCUT2D eigenvalue weighted by Gasteiger charge is -2.38. The van der Waals surface area contributed by atoms with E-state index in [2.05, 4.69) is 23.8 Å². The van der Waals surface area contributed by atoms with Gasteiger partial charge in [-0.2, -0.15) is 0 Å². The zero-order valence-corrected chi connectivity index (χ0v) is 13.7. The van der Waals surface area contributed by atoms with Crippen LogP contribution in [0.2, 0.25) is 0 Å². The van der Waals surface area contributed by atoms with Crippen molar-refractivity contribution in [2.75, 3.05) is 39.8 Å². The fourth-order valence-electron chi connectivity index (χ4n) is 2.70. The van der Waals surface area contributed by atoms with Crippen LogP contribution in [0.3, 0.4) is 0 Å². The Morgan fingerprint density at radius 3 is 2.67 bits per heavy atom. The summed E-state index contributed by atoms with van der Waals surface area (Å²) in [5.74, 6) is 0.906.